The fraction of sp³-hybridized carbons (Fsp3) is 0.750. The van der Waals surface area contributed by atoms with Crippen molar-refractivity contribution in [2.75, 3.05) is 13.1 Å². The highest BCUT2D eigenvalue weighted by atomic mass is 14.9. The van der Waals surface area contributed by atoms with Crippen LogP contribution in [0.4, 0.5) is 0 Å². The van der Waals surface area contributed by atoms with Gasteiger partial charge in [0.25, 0.3) is 0 Å². The lowest BCUT2D eigenvalue weighted by atomic mass is 10.2. The zero-order valence-corrected chi connectivity index (χ0v) is 6.72. The highest BCUT2D eigenvalue weighted by Gasteiger charge is 2.03. The molecule has 0 saturated carbocycles. The van der Waals surface area contributed by atoms with Crippen LogP contribution < -0.4 is 0 Å². The van der Waals surface area contributed by atoms with Gasteiger partial charge in [-0.3, -0.25) is 9.98 Å². The molecule has 1 aliphatic rings. The van der Waals surface area contributed by atoms with Crippen molar-refractivity contribution in [1.29, 1.82) is 0 Å². The van der Waals surface area contributed by atoms with Crippen molar-refractivity contribution >= 4 is 11.4 Å². The van der Waals surface area contributed by atoms with Crippen molar-refractivity contribution in [1.82, 2.24) is 0 Å². The number of hydrogen-bond donors (Lipinski definition) is 0. The highest BCUT2D eigenvalue weighted by Crippen LogP contribution is 1.98. The fourth-order valence-electron chi connectivity index (χ4n) is 0.953. The Hall–Kier alpha value is -0.660. The largest absolute Gasteiger partial charge is 0.286 e. The summed E-state index contributed by atoms with van der Waals surface area (Å²) < 4.78 is 0. The van der Waals surface area contributed by atoms with Gasteiger partial charge >= 0.3 is 0 Å². The molecule has 0 aromatic heterocycles. The van der Waals surface area contributed by atoms with Crippen LogP contribution in [-0.4, -0.2) is 24.5 Å². The average molecular weight is 138 g/mol. The van der Waals surface area contributed by atoms with Crippen LogP contribution in [0.5, 0.6) is 0 Å². The molecule has 0 fully saturated rings. The molecule has 0 radical (unpaired) electrons. The summed E-state index contributed by atoms with van der Waals surface area (Å²) in [5.41, 5.74) is 2.49. The van der Waals surface area contributed by atoms with Crippen molar-refractivity contribution in [2.45, 2.75) is 26.7 Å². The Labute approximate surface area is 62.1 Å². The molecule has 0 spiro atoms. The van der Waals surface area contributed by atoms with Crippen molar-refractivity contribution in [3.63, 3.8) is 0 Å². The monoisotopic (exact) mass is 138 g/mol. The molecular weight excluding hydrogens is 124 g/mol. The highest BCUT2D eigenvalue weighted by molar-refractivity contribution is 5.96. The predicted molar refractivity (Wildman–Crippen MR) is 45.2 cm³/mol. The quantitative estimate of drug-likeness (QED) is 0.555. The topological polar surface area (TPSA) is 24.7 Å². The lowest BCUT2D eigenvalue weighted by molar-refractivity contribution is 1.04. The van der Waals surface area contributed by atoms with Gasteiger partial charge in [-0.1, -0.05) is 13.8 Å². The lowest BCUT2D eigenvalue weighted by Gasteiger charge is -2.08. The average Bonchev–Trinajstić information content (AvgIpc) is 2.05. The van der Waals surface area contributed by atoms with Gasteiger partial charge in [-0.05, 0) is 12.8 Å². The third-order valence-electron chi connectivity index (χ3n) is 1.79. The standard InChI is InChI=1S/C8H14N2/c1-3-7-5-10-8(4-2)6-9-7/h3-6H2,1-2H3. The molecule has 0 N–H and O–H groups in total. The summed E-state index contributed by atoms with van der Waals surface area (Å²) in [4.78, 5) is 8.77. The molecule has 0 aromatic carbocycles. The van der Waals surface area contributed by atoms with Crippen LogP contribution >= 0.6 is 0 Å². The van der Waals surface area contributed by atoms with E-state index in [1.54, 1.807) is 0 Å². The molecule has 2 heteroatoms. The second kappa shape index (κ2) is 3.49. The summed E-state index contributed by atoms with van der Waals surface area (Å²) in [7, 11) is 0. The molecule has 0 amide bonds. The number of aliphatic imine (C=N–C) groups is 2. The van der Waals surface area contributed by atoms with E-state index in [1.807, 2.05) is 0 Å². The van der Waals surface area contributed by atoms with E-state index in [0.717, 1.165) is 25.9 Å². The van der Waals surface area contributed by atoms with Crippen molar-refractivity contribution < 1.29 is 0 Å². The van der Waals surface area contributed by atoms with Gasteiger partial charge in [-0.2, -0.15) is 0 Å². The van der Waals surface area contributed by atoms with Crippen LogP contribution in [0, 0.1) is 0 Å². The number of nitrogens with zero attached hydrogens (tertiary/aromatic N) is 2. The molecule has 56 valence electrons. The van der Waals surface area contributed by atoms with Gasteiger partial charge in [0.1, 0.15) is 0 Å². The van der Waals surface area contributed by atoms with Gasteiger partial charge in [-0.15, -0.1) is 0 Å². The first-order valence-electron chi connectivity index (χ1n) is 3.91. The van der Waals surface area contributed by atoms with E-state index in [0.29, 0.717) is 0 Å². The Balaban J connectivity index is 2.45. The van der Waals surface area contributed by atoms with Crippen molar-refractivity contribution in [2.24, 2.45) is 9.98 Å². The molecule has 1 rings (SSSR count). The predicted octanol–water partition coefficient (Wildman–Crippen LogP) is 1.70. The van der Waals surface area contributed by atoms with Gasteiger partial charge in [0.2, 0.25) is 0 Å². The Kier molecular flexibility index (Phi) is 2.60. The van der Waals surface area contributed by atoms with Gasteiger partial charge < -0.3 is 0 Å². The summed E-state index contributed by atoms with van der Waals surface area (Å²) in [6.45, 7) is 5.95. The van der Waals surface area contributed by atoms with E-state index in [9.17, 15) is 0 Å². The zero-order valence-electron chi connectivity index (χ0n) is 6.72. The summed E-state index contributed by atoms with van der Waals surface area (Å²) in [6.07, 6.45) is 2.11. The minimum absolute atomic E-state index is 0.847. The third kappa shape index (κ3) is 1.66. The van der Waals surface area contributed by atoms with Gasteiger partial charge in [-0.25, -0.2) is 0 Å². The van der Waals surface area contributed by atoms with Crippen LogP contribution in [0.3, 0.4) is 0 Å². The third-order valence-corrected chi connectivity index (χ3v) is 1.79. The van der Waals surface area contributed by atoms with E-state index in [2.05, 4.69) is 23.8 Å². The van der Waals surface area contributed by atoms with E-state index in [-0.39, 0.29) is 0 Å². The Morgan fingerprint density at radius 2 is 1.40 bits per heavy atom. The van der Waals surface area contributed by atoms with Gasteiger partial charge in [0.15, 0.2) is 0 Å². The Bertz CT molecular complexity index is 148. The number of rotatable bonds is 2. The molecule has 1 heterocycles. The molecular formula is C8H14N2. The second-order valence-corrected chi connectivity index (χ2v) is 2.47. The Morgan fingerprint density at radius 3 is 1.60 bits per heavy atom. The first-order chi connectivity index (χ1) is 4.86. The summed E-state index contributed by atoms with van der Waals surface area (Å²) in [5, 5.41) is 0. The number of hydrogen-bond acceptors (Lipinski definition) is 2. The van der Waals surface area contributed by atoms with Crippen LogP contribution in [0.2, 0.25) is 0 Å². The van der Waals surface area contributed by atoms with Gasteiger partial charge in [0.05, 0.1) is 13.1 Å². The zero-order chi connectivity index (χ0) is 7.40. The van der Waals surface area contributed by atoms with E-state index < -0.39 is 0 Å². The lowest BCUT2D eigenvalue weighted by Crippen LogP contribution is -2.15. The molecule has 1 aliphatic heterocycles. The normalized spacial score (nSPS) is 18.2. The minimum atomic E-state index is 0.847. The molecule has 0 atom stereocenters. The molecule has 0 aliphatic carbocycles. The van der Waals surface area contributed by atoms with Crippen LogP contribution in [0.1, 0.15) is 26.7 Å². The van der Waals surface area contributed by atoms with Crippen LogP contribution in [0.15, 0.2) is 9.98 Å². The molecule has 0 unspecified atom stereocenters. The van der Waals surface area contributed by atoms with E-state index in [1.165, 1.54) is 11.4 Å². The summed E-state index contributed by atoms with van der Waals surface area (Å²) >= 11 is 0. The SMILES string of the molecule is CCC1=NCC(CC)=NC1. The molecule has 2 nitrogen and oxygen atoms in total. The van der Waals surface area contributed by atoms with E-state index in [4.69, 9.17) is 0 Å². The first-order valence-corrected chi connectivity index (χ1v) is 3.91. The van der Waals surface area contributed by atoms with Crippen molar-refractivity contribution in [3.05, 3.63) is 0 Å². The van der Waals surface area contributed by atoms with Crippen LogP contribution in [-0.2, 0) is 0 Å². The molecule has 0 aromatic rings. The maximum absolute atomic E-state index is 4.39. The molecule has 0 saturated heterocycles. The second-order valence-electron chi connectivity index (χ2n) is 2.47. The Morgan fingerprint density at radius 1 is 1.00 bits per heavy atom. The molecule has 0 bridgehead atoms. The van der Waals surface area contributed by atoms with Crippen LogP contribution in [0.25, 0.3) is 0 Å². The van der Waals surface area contributed by atoms with Crippen molar-refractivity contribution in [3.8, 4) is 0 Å². The maximum atomic E-state index is 4.39. The summed E-state index contributed by atoms with van der Waals surface area (Å²) in [5.74, 6) is 0. The smallest absolute Gasteiger partial charge is 0.0768 e. The maximum Gasteiger partial charge on any atom is 0.0768 e. The van der Waals surface area contributed by atoms with E-state index >= 15 is 0 Å². The summed E-state index contributed by atoms with van der Waals surface area (Å²) in [6, 6.07) is 0. The molecule has 10 heavy (non-hydrogen) atoms. The van der Waals surface area contributed by atoms with Gasteiger partial charge in [0, 0.05) is 11.4 Å². The minimum Gasteiger partial charge on any atom is -0.286 e. The first kappa shape index (κ1) is 7.45. The fourth-order valence-corrected chi connectivity index (χ4v) is 0.953.